The molecule has 0 aromatic carbocycles. The Morgan fingerprint density at radius 2 is 2.09 bits per heavy atom. The molecule has 0 unspecified atom stereocenters. The van der Waals surface area contributed by atoms with E-state index in [9.17, 15) is 4.79 Å². The normalized spacial score (nSPS) is 27.6. The lowest BCUT2D eigenvalue weighted by Gasteiger charge is -2.28. The zero-order valence-corrected chi connectivity index (χ0v) is 13.5. The molecule has 6 heteroatoms. The molecule has 2 fully saturated rings. The van der Waals surface area contributed by atoms with Gasteiger partial charge in [-0.1, -0.05) is 0 Å². The lowest BCUT2D eigenvalue weighted by molar-refractivity contribution is -0.126. The van der Waals surface area contributed by atoms with Gasteiger partial charge in [0.05, 0.1) is 12.3 Å². The molecule has 23 heavy (non-hydrogen) atoms. The van der Waals surface area contributed by atoms with E-state index in [4.69, 9.17) is 4.74 Å². The van der Waals surface area contributed by atoms with Crippen LogP contribution in [0.1, 0.15) is 44.9 Å². The number of anilines is 1. The maximum Gasteiger partial charge on any atom is 0.223 e. The number of carbonyl (C=O) groups excluding carboxylic acids is 1. The van der Waals surface area contributed by atoms with Crippen LogP contribution in [0.3, 0.4) is 0 Å². The SMILES string of the molecule is O=C(NCC[C@H]1CCCO1)C1CCC(Nc2cnccn2)CC1. The number of nitrogens with one attached hydrogen (secondary N) is 2. The Kier molecular flexibility index (Phi) is 5.80. The highest BCUT2D eigenvalue weighted by Gasteiger charge is 2.26. The number of ether oxygens (including phenoxy) is 1. The van der Waals surface area contributed by atoms with Gasteiger partial charge in [0.1, 0.15) is 5.82 Å². The van der Waals surface area contributed by atoms with E-state index >= 15 is 0 Å². The standard InChI is InChI=1S/C17H26N4O2/c22-17(20-8-7-15-2-1-11-23-15)13-3-5-14(6-4-13)21-16-12-18-9-10-19-16/h9-10,12-15H,1-8,11H2,(H,19,21)(H,20,22)/t13?,14?,15-/m1/s1. The van der Waals surface area contributed by atoms with Crippen LogP contribution in [0.15, 0.2) is 18.6 Å². The van der Waals surface area contributed by atoms with Crippen molar-refractivity contribution in [3.63, 3.8) is 0 Å². The van der Waals surface area contributed by atoms with Crippen LogP contribution in [0.4, 0.5) is 5.82 Å². The molecule has 1 saturated heterocycles. The number of carbonyl (C=O) groups is 1. The molecule has 3 rings (SSSR count). The van der Waals surface area contributed by atoms with Crippen molar-refractivity contribution in [2.24, 2.45) is 5.92 Å². The van der Waals surface area contributed by atoms with E-state index in [0.717, 1.165) is 63.9 Å². The fourth-order valence-corrected chi connectivity index (χ4v) is 3.46. The zero-order chi connectivity index (χ0) is 15.9. The van der Waals surface area contributed by atoms with E-state index in [1.165, 1.54) is 0 Å². The van der Waals surface area contributed by atoms with Crippen molar-refractivity contribution < 1.29 is 9.53 Å². The molecule has 0 bridgehead atoms. The number of hydrogen-bond donors (Lipinski definition) is 2. The number of aromatic nitrogens is 2. The van der Waals surface area contributed by atoms with Gasteiger partial charge in [-0.2, -0.15) is 0 Å². The first kappa shape index (κ1) is 16.2. The smallest absolute Gasteiger partial charge is 0.223 e. The molecule has 1 aliphatic heterocycles. The van der Waals surface area contributed by atoms with Crippen molar-refractivity contribution in [1.29, 1.82) is 0 Å². The van der Waals surface area contributed by atoms with E-state index in [1.54, 1.807) is 18.6 Å². The average Bonchev–Trinajstić information content (AvgIpc) is 3.10. The second-order valence-corrected chi connectivity index (χ2v) is 6.50. The summed E-state index contributed by atoms with van der Waals surface area (Å²) in [6.07, 6.45) is 12.5. The summed E-state index contributed by atoms with van der Waals surface area (Å²) in [6.45, 7) is 1.61. The Labute approximate surface area is 137 Å². The topological polar surface area (TPSA) is 76.1 Å². The number of nitrogens with zero attached hydrogens (tertiary/aromatic N) is 2. The van der Waals surface area contributed by atoms with Gasteiger partial charge in [-0.3, -0.25) is 9.78 Å². The third-order valence-corrected chi connectivity index (χ3v) is 4.80. The minimum atomic E-state index is 0.152. The summed E-state index contributed by atoms with van der Waals surface area (Å²) in [5.41, 5.74) is 0. The second kappa shape index (κ2) is 8.24. The summed E-state index contributed by atoms with van der Waals surface area (Å²) in [5, 5.41) is 6.48. The predicted octanol–water partition coefficient (Wildman–Crippen LogP) is 2.13. The van der Waals surface area contributed by atoms with E-state index in [2.05, 4.69) is 20.6 Å². The Hall–Kier alpha value is -1.69. The maximum atomic E-state index is 12.2. The van der Waals surface area contributed by atoms with Crippen LogP contribution in [0, 0.1) is 5.92 Å². The molecule has 0 radical (unpaired) electrons. The average molecular weight is 318 g/mol. The Bertz CT molecular complexity index is 483. The molecule has 1 saturated carbocycles. The Morgan fingerprint density at radius 3 is 2.78 bits per heavy atom. The molecule has 126 valence electrons. The Balaban J connectivity index is 1.34. The van der Waals surface area contributed by atoms with Gasteiger partial charge >= 0.3 is 0 Å². The highest BCUT2D eigenvalue weighted by molar-refractivity contribution is 5.78. The predicted molar refractivity (Wildman–Crippen MR) is 88.0 cm³/mol. The van der Waals surface area contributed by atoms with Gasteiger partial charge in [0.15, 0.2) is 0 Å². The van der Waals surface area contributed by atoms with Crippen LogP contribution in [0.2, 0.25) is 0 Å². The van der Waals surface area contributed by atoms with Crippen molar-refractivity contribution in [3.8, 4) is 0 Å². The molecule has 1 aliphatic carbocycles. The first-order valence-electron chi connectivity index (χ1n) is 8.73. The highest BCUT2D eigenvalue weighted by atomic mass is 16.5. The largest absolute Gasteiger partial charge is 0.378 e. The summed E-state index contributed by atoms with van der Waals surface area (Å²) < 4.78 is 5.58. The van der Waals surface area contributed by atoms with Gasteiger partial charge < -0.3 is 15.4 Å². The van der Waals surface area contributed by atoms with Crippen molar-refractivity contribution in [1.82, 2.24) is 15.3 Å². The van der Waals surface area contributed by atoms with Gasteiger partial charge in [-0.15, -0.1) is 0 Å². The Morgan fingerprint density at radius 1 is 1.22 bits per heavy atom. The molecule has 2 N–H and O–H groups in total. The summed E-state index contributed by atoms with van der Waals surface area (Å²) in [4.78, 5) is 20.5. The van der Waals surface area contributed by atoms with Crippen LogP contribution in [0.25, 0.3) is 0 Å². The minimum absolute atomic E-state index is 0.152. The van der Waals surface area contributed by atoms with Crippen LogP contribution >= 0.6 is 0 Å². The lowest BCUT2D eigenvalue weighted by atomic mass is 9.85. The molecule has 1 aromatic rings. The highest BCUT2D eigenvalue weighted by Crippen LogP contribution is 2.26. The number of rotatable bonds is 6. The molecule has 1 atom stereocenters. The summed E-state index contributed by atoms with van der Waals surface area (Å²) >= 11 is 0. The van der Waals surface area contributed by atoms with Gasteiger partial charge in [-0.25, -0.2) is 4.98 Å². The molecule has 6 nitrogen and oxygen atoms in total. The van der Waals surface area contributed by atoms with Gasteiger partial charge in [0.2, 0.25) is 5.91 Å². The summed E-state index contributed by atoms with van der Waals surface area (Å²) in [6, 6.07) is 0.391. The van der Waals surface area contributed by atoms with E-state index in [-0.39, 0.29) is 11.8 Å². The molecule has 2 aliphatic rings. The lowest BCUT2D eigenvalue weighted by Crippen LogP contribution is -2.37. The molecule has 1 amide bonds. The zero-order valence-electron chi connectivity index (χ0n) is 13.5. The molecule has 0 spiro atoms. The van der Waals surface area contributed by atoms with E-state index in [0.29, 0.717) is 12.1 Å². The first-order valence-corrected chi connectivity index (χ1v) is 8.73. The van der Waals surface area contributed by atoms with Gasteiger partial charge in [-0.05, 0) is 44.9 Å². The maximum absolute atomic E-state index is 12.2. The minimum Gasteiger partial charge on any atom is -0.378 e. The third kappa shape index (κ3) is 4.89. The van der Waals surface area contributed by atoms with Crippen molar-refractivity contribution in [2.75, 3.05) is 18.5 Å². The second-order valence-electron chi connectivity index (χ2n) is 6.50. The van der Waals surface area contributed by atoms with Crippen LogP contribution in [0.5, 0.6) is 0 Å². The van der Waals surface area contributed by atoms with Crippen LogP contribution < -0.4 is 10.6 Å². The summed E-state index contributed by atoms with van der Waals surface area (Å²) in [7, 11) is 0. The first-order chi connectivity index (χ1) is 11.3. The van der Waals surface area contributed by atoms with Gasteiger partial charge in [0.25, 0.3) is 0 Å². The number of hydrogen-bond acceptors (Lipinski definition) is 5. The molecular weight excluding hydrogens is 292 g/mol. The number of amides is 1. The monoisotopic (exact) mass is 318 g/mol. The fourth-order valence-electron chi connectivity index (χ4n) is 3.46. The molecule has 1 aromatic heterocycles. The van der Waals surface area contributed by atoms with E-state index in [1.807, 2.05) is 0 Å². The molecule has 2 heterocycles. The van der Waals surface area contributed by atoms with Crippen molar-refractivity contribution >= 4 is 11.7 Å². The quantitative estimate of drug-likeness (QED) is 0.840. The fraction of sp³-hybridized carbons (Fsp3) is 0.706. The molecular formula is C17H26N4O2. The van der Waals surface area contributed by atoms with Gasteiger partial charge in [0, 0.05) is 37.5 Å². The van der Waals surface area contributed by atoms with Crippen LogP contribution in [-0.2, 0) is 9.53 Å². The van der Waals surface area contributed by atoms with Crippen molar-refractivity contribution in [2.45, 2.75) is 57.1 Å². The van der Waals surface area contributed by atoms with Crippen molar-refractivity contribution in [3.05, 3.63) is 18.6 Å². The summed E-state index contributed by atoms with van der Waals surface area (Å²) in [5.74, 6) is 1.18. The van der Waals surface area contributed by atoms with Crippen LogP contribution in [-0.4, -0.2) is 41.2 Å². The third-order valence-electron chi connectivity index (χ3n) is 4.80. The van der Waals surface area contributed by atoms with E-state index < -0.39 is 0 Å².